The molecule has 0 aliphatic rings. The average Bonchev–Trinajstić information content (AvgIpc) is 2.35. The smallest absolute Gasteiger partial charge is 0.305 e. The minimum atomic E-state index is -0.431. The number of rotatable bonds is 7. The summed E-state index contributed by atoms with van der Waals surface area (Å²) in [6.45, 7) is 2.18. The molecule has 0 fully saturated rings. The Balaban J connectivity index is 2.17. The maximum absolute atomic E-state index is 11.1. The Bertz CT molecular complexity index is 321. The van der Waals surface area contributed by atoms with Crippen LogP contribution >= 0.6 is 0 Å². The lowest BCUT2D eigenvalue weighted by atomic mass is 10.0. The van der Waals surface area contributed by atoms with E-state index in [1.54, 1.807) is 6.92 Å². The topological polar surface area (TPSA) is 46.5 Å². The van der Waals surface area contributed by atoms with E-state index in [9.17, 15) is 9.90 Å². The molecule has 1 atom stereocenters. The van der Waals surface area contributed by atoms with Crippen LogP contribution in [0.4, 0.5) is 0 Å². The molecule has 1 N–H and O–H groups in total. The fourth-order valence-electron chi connectivity index (χ4n) is 1.64. The molecule has 0 heterocycles. The van der Waals surface area contributed by atoms with Gasteiger partial charge in [0, 0.05) is 6.42 Å². The van der Waals surface area contributed by atoms with Gasteiger partial charge in [-0.3, -0.25) is 4.79 Å². The van der Waals surface area contributed by atoms with E-state index in [0.29, 0.717) is 25.9 Å². The van der Waals surface area contributed by atoms with Crippen LogP contribution in [-0.4, -0.2) is 23.8 Å². The van der Waals surface area contributed by atoms with Crippen LogP contribution in [0.15, 0.2) is 30.3 Å². The Kier molecular flexibility index (Phi) is 6.33. The Morgan fingerprint density at radius 2 is 2.00 bits per heavy atom. The zero-order chi connectivity index (χ0) is 12.5. The number of esters is 1. The van der Waals surface area contributed by atoms with Gasteiger partial charge in [-0.15, -0.1) is 0 Å². The van der Waals surface area contributed by atoms with Gasteiger partial charge in [-0.05, 0) is 31.7 Å². The standard InChI is InChI=1S/C14H20O3/c1-2-17-14(16)11-10-13(15)9-8-12-6-4-3-5-7-12/h3-7,13,15H,2,8-11H2,1H3/t13-/m1/s1. The highest BCUT2D eigenvalue weighted by molar-refractivity contribution is 5.69. The Morgan fingerprint density at radius 1 is 1.29 bits per heavy atom. The summed E-state index contributed by atoms with van der Waals surface area (Å²) in [5.41, 5.74) is 1.21. The van der Waals surface area contributed by atoms with Gasteiger partial charge in [-0.2, -0.15) is 0 Å². The van der Waals surface area contributed by atoms with Gasteiger partial charge in [-0.1, -0.05) is 30.3 Å². The van der Waals surface area contributed by atoms with Crippen molar-refractivity contribution in [3.63, 3.8) is 0 Å². The van der Waals surface area contributed by atoms with E-state index in [0.717, 1.165) is 6.42 Å². The fraction of sp³-hybridized carbons (Fsp3) is 0.500. The van der Waals surface area contributed by atoms with Gasteiger partial charge in [-0.25, -0.2) is 0 Å². The summed E-state index contributed by atoms with van der Waals surface area (Å²) >= 11 is 0. The first-order valence-corrected chi connectivity index (χ1v) is 6.10. The van der Waals surface area contributed by atoms with Crippen LogP contribution in [0.5, 0.6) is 0 Å². The lowest BCUT2D eigenvalue weighted by molar-refractivity contribution is -0.143. The van der Waals surface area contributed by atoms with E-state index in [2.05, 4.69) is 0 Å². The number of aliphatic hydroxyl groups is 1. The van der Waals surface area contributed by atoms with E-state index in [-0.39, 0.29) is 5.97 Å². The second-order valence-electron chi connectivity index (χ2n) is 4.02. The zero-order valence-electron chi connectivity index (χ0n) is 10.3. The quantitative estimate of drug-likeness (QED) is 0.739. The van der Waals surface area contributed by atoms with Crippen LogP contribution in [0, 0.1) is 0 Å². The zero-order valence-corrected chi connectivity index (χ0v) is 10.3. The molecule has 0 spiro atoms. The predicted molar refractivity (Wildman–Crippen MR) is 66.6 cm³/mol. The summed E-state index contributed by atoms with van der Waals surface area (Å²) in [4.78, 5) is 11.1. The maximum atomic E-state index is 11.1. The van der Waals surface area contributed by atoms with Crippen molar-refractivity contribution in [3.8, 4) is 0 Å². The van der Waals surface area contributed by atoms with Crippen molar-refractivity contribution in [2.24, 2.45) is 0 Å². The van der Waals surface area contributed by atoms with E-state index in [1.165, 1.54) is 5.56 Å². The normalized spacial score (nSPS) is 12.1. The van der Waals surface area contributed by atoms with Crippen molar-refractivity contribution in [1.29, 1.82) is 0 Å². The molecule has 17 heavy (non-hydrogen) atoms. The molecule has 1 rings (SSSR count). The molecule has 1 aromatic rings. The van der Waals surface area contributed by atoms with Gasteiger partial charge in [0.15, 0.2) is 0 Å². The van der Waals surface area contributed by atoms with Crippen LogP contribution in [0.25, 0.3) is 0 Å². The summed E-state index contributed by atoms with van der Waals surface area (Å²) in [5, 5.41) is 9.72. The molecule has 3 heteroatoms. The SMILES string of the molecule is CCOC(=O)CC[C@H](O)CCc1ccccc1. The first kappa shape index (κ1) is 13.7. The van der Waals surface area contributed by atoms with Gasteiger partial charge in [0.2, 0.25) is 0 Å². The van der Waals surface area contributed by atoms with Gasteiger partial charge >= 0.3 is 5.97 Å². The lowest BCUT2D eigenvalue weighted by Gasteiger charge is -2.09. The molecule has 0 aliphatic heterocycles. The molecule has 3 nitrogen and oxygen atoms in total. The fourth-order valence-corrected chi connectivity index (χ4v) is 1.64. The van der Waals surface area contributed by atoms with Gasteiger partial charge < -0.3 is 9.84 Å². The van der Waals surface area contributed by atoms with E-state index in [1.807, 2.05) is 30.3 Å². The number of carbonyl (C=O) groups excluding carboxylic acids is 1. The predicted octanol–water partition coefficient (Wildman–Crippen LogP) is 2.32. The minimum absolute atomic E-state index is 0.230. The highest BCUT2D eigenvalue weighted by Gasteiger charge is 2.08. The minimum Gasteiger partial charge on any atom is -0.466 e. The molecular formula is C14H20O3. The molecule has 0 aliphatic carbocycles. The molecule has 94 valence electrons. The lowest BCUT2D eigenvalue weighted by Crippen LogP contribution is -2.12. The summed E-state index contributed by atoms with van der Waals surface area (Å²) in [6.07, 6.45) is 1.86. The first-order valence-electron chi connectivity index (χ1n) is 6.10. The van der Waals surface area contributed by atoms with Crippen molar-refractivity contribution in [1.82, 2.24) is 0 Å². The molecule has 0 bridgehead atoms. The summed E-state index contributed by atoms with van der Waals surface area (Å²) in [6, 6.07) is 10.0. The highest BCUT2D eigenvalue weighted by Crippen LogP contribution is 2.09. The first-order chi connectivity index (χ1) is 8.22. The third-order valence-corrected chi connectivity index (χ3v) is 2.60. The van der Waals surface area contributed by atoms with Crippen LogP contribution in [0.3, 0.4) is 0 Å². The summed E-state index contributed by atoms with van der Waals surface area (Å²) < 4.78 is 4.81. The number of hydrogen-bond donors (Lipinski definition) is 1. The van der Waals surface area contributed by atoms with Crippen LogP contribution in [-0.2, 0) is 16.0 Å². The number of carbonyl (C=O) groups is 1. The maximum Gasteiger partial charge on any atom is 0.305 e. The van der Waals surface area contributed by atoms with Crippen molar-refractivity contribution >= 4 is 5.97 Å². The molecule has 0 aromatic heterocycles. The Labute approximate surface area is 102 Å². The number of ether oxygens (including phenoxy) is 1. The molecular weight excluding hydrogens is 216 g/mol. The van der Waals surface area contributed by atoms with Crippen LogP contribution < -0.4 is 0 Å². The number of benzene rings is 1. The van der Waals surface area contributed by atoms with Crippen LogP contribution in [0.2, 0.25) is 0 Å². The van der Waals surface area contributed by atoms with Crippen molar-refractivity contribution in [2.45, 2.75) is 38.7 Å². The average molecular weight is 236 g/mol. The molecule has 0 saturated heterocycles. The number of hydrogen-bond acceptors (Lipinski definition) is 3. The molecule has 0 radical (unpaired) electrons. The highest BCUT2D eigenvalue weighted by atomic mass is 16.5. The molecule has 0 saturated carbocycles. The van der Waals surface area contributed by atoms with E-state index in [4.69, 9.17) is 4.74 Å². The third kappa shape index (κ3) is 6.07. The van der Waals surface area contributed by atoms with Gasteiger partial charge in [0.05, 0.1) is 12.7 Å². The Hall–Kier alpha value is -1.35. The monoisotopic (exact) mass is 236 g/mol. The third-order valence-electron chi connectivity index (χ3n) is 2.60. The number of aryl methyl sites for hydroxylation is 1. The second-order valence-corrected chi connectivity index (χ2v) is 4.02. The largest absolute Gasteiger partial charge is 0.466 e. The summed E-state index contributed by atoms with van der Waals surface area (Å²) in [7, 11) is 0. The van der Waals surface area contributed by atoms with E-state index < -0.39 is 6.10 Å². The second kappa shape index (κ2) is 7.85. The van der Waals surface area contributed by atoms with Crippen molar-refractivity contribution in [2.75, 3.05) is 6.61 Å². The van der Waals surface area contributed by atoms with E-state index >= 15 is 0 Å². The molecule has 1 aromatic carbocycles. The van der Waals surface area contributed by atoms with Crippen molar-refractivity contribution < 1.29 is 14.6 Å². The van der Waals surface area contributed by atoms with Gasteiger partial charge in [0.25, 0.3) is 0 Å². The Morgan fingerprint density at radius 3 is 2.65 bits per heavy atom. The van der Waals surface area contributed by atoms with Crippen LogP contribution in [0.1, 0.15) is 31.7 Å². The number of aliphatic hydroxyl groups excluding tert-OH is 1. The van der Waals surface area contributed by atoms with Crippen molar-refractivity contribution in [3.05, 3.63) is 35.9 Å². The summed E-state index contributed by atoms with van der Waals surface area (Å²) in [5.74, 6) is -0.230. The van der Waals surface area contributed by atoms with Gasteiger partial charge in [0.1, 0.15) is 0 Å². The molecule has 0 unspecified atom stereocenters. The molecule has 0 amide bonds.